The van der Waals surface area contributed by atoms with Crippen molar-refractivity contribution in [2.45, 2.75) is 18.6 Å². The van der Waals surface area contributed by atoms with E-state index in [2.05, 4.69) is 10.6 Å². The molecule has 1 spiro atoms. The zero-order valence-electron chi connectivity index (χ0n) is 17.7. The molecule has 2 saturated heterocycles. The highest BCUT2D eigenvalue weighted by Gasteiger charge is 2.67. The minimum Gasteiger partial charge on any atom is -0.497 e. The molecule has 0 aromatic heterocycles. The van der Waals surface area contributed by atoms with Gasteiger partial charge in [0.2, 0.25) is 17.7 Å². The second-order valence-corrected chi connectivity index (χ2v) is 8.27. The maximum Gasteiger partial charge on any atom is 0.234 e. The quantitative estimate of drug-likeness (QED) is 0.707. The Morgan fingerprint density at radius 1 is 1.06 bits per heavy atom. The number of methoxy groups -OCH3 is 1. The molecule has 3 aliphatic heterocycles. The molecule has 3 amide bonds. The predicted octanol–water partition coefficient (Wildman–Crippen LogP) is 2.58. The molecule has 5 rings (SSSR count). The van der Waals surface area contributed by atoms with E-state index in [0.717, 1.165) is 0 Å². The first kappa shape index (κ1) is 20.3. The Kier molecular flexibility index (Phi) is 4.74. The highest BCUT2D eigenvalue weighted by atomic mass is 16.5. The van der Waals surface area contributed by atoms with Gasteiger partial charge < -0.3 is 25.0 Å². The first-order valence-electron chi connectivity index (χ1n) is 10.4. The molecule has 8 heteroatoms. The number of amides is 3. The summed E-state index contributed by atoms with van der Waals surface area (Å²) in [5.74, 6) is -1.06. The van der Waals surface area contributed by atoms with Crippen LogP contribution in [0.3, 0.4) is 0 Å². The standard InChI is InChI=1S/C24H23N3O5/c1-14(28)25-15-3-7-17(8-4-15)27-13-24-12-11-19(32-24)20(21(24)23(27)30)22(29)26-16-5-9-18(31-2)10-6-16/h3-12,19-21H,13H2,1-2H3,(H,25,28)(H,26,29)/t19-,20?,21-,24+/m1/s1. The van der Waals surface area contributed by atoms with Gasteiger partial charge >= 0.3 is 0 Å². The number of nitrogens with zero attached hydrogens (tertiary/aromatic N) is 1. The lowest BCUT2D eigenvalue weighted by molar-refractivity contribution is -0.128. The molecule has 164 valence electrons. The van der Waals surface area contributed by atoms with Crippen molar-refractivity contribution in [1.82, 2.24) is 0 Å². The van der Waals surface area contributed by atoms with Crippen LogP contribution in [0.1, 0.15) is 6.92 Å². The smallest absolute Gasteiger partial charge is 0.234 e. The molecule has 2 bridgehead atoms. The molecule has 0 aliphatic carbocycles. The van der Waals surface area contributed by atoms with Gasteiger partial charge in [0.25, 0.3) is 0 Å². The lowest BCUT2D eigenvalue weighted by Crippen LogP contribution is -2.41. The van der Waals surface area contributed by atoms with Crippen LogP contribution >= 0.6 is 0 Å². The Labute approximate surface area is 185 Å². The van der Waals surface area contributed by atoms with Crippen molar-refractivity contribution in [2.75, 3.05) is 29.2 Å². The average molecular weight is 433 g/mol. The Balaban J connectivity index is 1.36. The van der Waals surface area contributed by atoms with Crippen LogP contribution in [0.4, 0.5) is 17.1 Å². The average Bonchev–Trinajstić information content (AvgIpc) is 3.43. The molecule has 2 aromatic rings. The SMILES string of the molecule is COc1ccc(NC(=O)C2[C@H]3C=C[C@@]4(CN(c5ccc(NC(C)=O)cc5)C(=O)[C@@H]24)O3)cc1. The number of fused-ring (bicyclic) bond motifs is 1. The fraction of sp³-hybridized carbons (Fsp3) is 0.292. The van der Waals surface area contributed by atoms with Crippen LogP contribution in [0.25, 0.3) is 0 Å². The van der Waals surface area contributed by atoms with Crippen molar-refractivity contribution in [3.63, 3.8) is 0 Å². The molecule has 1 unspecified atom stereocenters. The third-order valence-corrected chi connectivity index (χ3v) is 6.26. The molecular weight excluding hydrogens is 410 g/mol. The first-order valence-corrected chi connectivity index (χ1v) is 10.4. The van der Waals surface area contributed by atoms with Crippen LogP contribution in [0, 0.1) is 11.8 Å². The zero-order valence-corrected chi connectivity index (χ0v) is 17.7. The van der Waals surface area contributed by atoms with Crippen molar-refractivity contribution < 1.29 is 23.9 Å². The van der Waals surface area contributed by atoms with Crippen LogP contribution < -0.4 is 20.3 Å². The summed E-state index contributed by atoms with van der Waals surface area (Å²) in [6, 6.07) is 14.1. The van der Waals surface area contributed by atoms with E-state index in [4.69, 9.17) is 9.47 Å². The van der Waals surface area contributed by atoms with Crippen molar-refractivity contribution in [2.24, 2.45) is 11.8 Å². The Morgan fingerprint density at radius 2 is 1.72 bits per heavy atom. The van der Waals surface area contributed by atoms with E-state index >= 15 is 0 Å². The van der Waals surface area contributed by atoms with E-state index in [1.54, 1.807) is 60.5 Å². The molecule has 2 N–H and O–H groups in total. The van der Waals surface area contributed by atoms with Gasteiger partial charge in [0, 0.05) is 24.0 Å². The van der Waals surface area contributed by atoms with Crippen molar-refractivity contribution in [3.05, 3.63) is 60.7 Å². The van der Waals surface area contributed by atoms with Crippen LogP contribution in [-0.4, -0.2) is 43.1 Å². The van der Waals surface area contributed by atoms with Gasteiger partial charge in [0.1, 0.15) is 11.4 Å². The summed E-state index contributed by atoms with van der Waals surface area (Å²) in [5, 5.41) is 5.62. The van der Waals surface area contributed by atoms with E-state index in [-0.39, 0.29) is 17.7 Å². The molecule has 2 fully saturated rings. The number of anilines is 3. The Bertz CT molecular complexity index is 1110. The van der Waals surface area contributed by atoms with Gasteiger partial charge in [0.05, 0.1) is 31.6 Å². The second-order valence-electron chi connectivity index (χ2n) is 8.27. The normalized spacial score (nSPS) is 27.4. The van der Waals surface area contributed by atoms with E-state index in [1.807, 2.05) is 12.2 Å². The molecule has 2 aromatic carbocycles. The summed E-state index contributed by atoms with van der Waals surface area (Å²) in [6.07, 6.45) is 3.38. The van der Waals surface area contributed by atoms with Crippen molar-refractivity contribution in [1.29, 1.82) is 0 Å². The molecule has 0 radical (unpaired) electrons. The third kappa shape index (κ3) is 3.23. The largest absolute Gasteiger partial charge is 0.497 e. The number of rotatable bonds is 5. The summed E-state index contributed by atoms with van der Waals surface area (Å²) >= 11 is 0. The van der Waals surface area contributed by atoms with E-state index in [0.29, 0.717) is 29.4 Å². The van der Waals surface area contributed by atoms with Crippen LogP contribution in [0.2, 0.25) is 0 Å². The number of hydrogen-bond acceptors (Lipinski definition) is 5. The van der Waals surface area contributed by atoms with E-state index in [1.165, 1.54) is 6.92 Å². The fourth-order valence-corrected chi connectivity index (χ4v) is 4.84. The minimum absolute atomic E-state index is 0.140. The molecule has 3 aliphatic rings. The second kappa shape index (κ2) is 7.49. The summed E-state index contributed by atoms with van der Waals surface area (Å²) in [7, 11) is 1.58. The summed E-state index contributed by atoms with van der Waals surface area (Å²) in [4.78, 5) is 39.5. The molecule has 32 heavy (non-hydrogen) atoms. The summed E-state index contributed by atoms with van der Waals surface area (Å²) in [6.45, 7) is 1.78. The van der Waals surface area contributed by atoms with Gasteiger partial charge in [-0.2, -0.15) is 0 Å². The van der Waals surface area contributed by atoms with Gasteiger partial charge in [-0.15, -0.1) is 0 Å². The Hall–Kier alpha value is -3.65. The number of carbonyl (C=O) groups is 3. The maximum atomic E-state index is 13.4. The Morgan fingerprint density at radius 3 is 2.38 bits per heavy atom. The highest BCUT2D eigenvalue weighted by molar-refractivity contribution is 6.05. The van der Waals surface area contributed by atoms with Gasteiger partial charge in [-0.25, -0.2) is 0 Å². The van der Waals surface area contributed by atoms with Gasteiger partial charge in [0.15, 0.2) is 0 Å². The van der Waals surface area contributed by atoms with E-state index < -0.39 is 23.5 Å². The lowest BCUT2D eigenvalue weighted by Gasteiger charge is -2.23. The lowest BCUT2D eigenvalue weighted by atomic mass is 9.77. The third-order valence-electron chi connectivity index (χ3n) is 6.26. The number of benzene rings is 2. The maximum absolute atomic E-state index is 13.4. The zero-order chi connectivity index (χ0) is 22.5. The first-order chi connectivity index (χ1) is 15.4. The fourth-order valence-electron chi connectivity index (χ4n) is 4.84. The van der Waals surface area contributed by atoms with Crippen LogP contribution in [-0.2, 0) is 19.1 Å². The molecule has 8 nitrogen and oxygen atoms in total. The molecule has 3 heterocycles. The molecular formula is C24H23N3O5. The van der Waals surface area contributed by atoms with Gasteiger partial charge in [-0.3, -0.25) is 14.4 Å². The van der Waals surface area contributed by atoms with Crippen LogP contribution in [0.15, 0.2) is 60.7 Å². The molecule has 0 saturated carbocycles. The van der Waals surface area contributed by atoms with Crippen LogP contribution in [0.5, 0.6) is 5.75 Å². The number of nitrogens with one attached hydrogen (secondary N) is 2. The number of carbonyl (C=O) groups excluding carboxylic acids is 3. The predicted molar refractivity (Wildman–Crippen MR) is 118 cm³/mol. The minimum atomic E-state index is -0.806. The highest BCUT2D eigenvalue weighted by Crippen LogP contribution is 2.52. The summed E-state index contributed by atoms with van der Waals surface area (Å²) in [5.41, 5.74) is 1.18. The number of ether oxygens (including phenoxy) is 2. The van der Waals surface area contributed by atoms with Gasteiger partial charge in [-0.1, -0.05) is 12.2 Å². The van der Waals surface area contributed by atoms with Crippen molar-refractivity contribution in [3.8, 4) is 5.75 Å². The van der Waals surface area contributed by atoms with Crippen molar-refractivity contribution >= 4 is 34.8 Å². The van der Waals surface area contributed by atoms with E-state index in [9.17, 15) is 14.4 Å². The van der Waals surface area contributed by atoms with Gasteiger partial charge in [-0.05, 0) is 48.5 Å². The number of hydrogen-bond donors (Lipinski definition) is 2. The monoisotopic (exact) mass is 433 g/mol. The molecule has 4 atom stereocenters. The summed E-state index contributed by atoms with van der Waals surface area (Å²) < 4.78 is 11.3. The topological polar surface area (TPSA) is 97.0 Å².